The largest absolute Gasteiger partial charge is 0.317 e. The van der Waals surface area contributed by atoms with Gasteiger partial charge in [0, 0.05) is 18.8 Å². The molecule has 0 radical (unpaired) electrons. The van der Waals surface area contributed by atoms with E-state index >= 15 is 0 Å². The molecule has 1 rings (SSSR count). The standard InChI is InChI=1S/C11H21N3/c1-10(12-3)6-4-5-8-14-9-7-11(2)13-14/h7,9-10,12H,4-6,8H2,1-3H3. The van der Waals surface area contributed by atoms with E-state index in [2.05, 4.69) is 29.6 Å². The first kappa shape index (κ1) is 11.2. The fraction of sp³-hybridized carbons (Fsp3) is 0.727. The summed E-state index contributed by atoms with van der Waals surface area (Å²) >= 11 is 0. The molecule has 0 aliphatic heterocycles. The molecule has 0 fully saturated rings. The molecule has 0 bridgehead atoms. The maximum absolute atomic E-state index is 4.35. The van der Waals surface area contributed by atoms with E-state index in [1.165, 1.54) is 19.3 Å². The molecule has 1 N–H and O–H groups in total. The second-order valence-electron chi connectivity index (χ2n) is 3.91. The van der Waals surface area contributed by atoms with Crippen LogP contribution in [0.5, 0.6) is 0 Å². The number of nitrogens with zero attached hydrogens (tertiary/aromatic N) is 2. The number of aryl methyl sites for hydroxylation is 2. The summed E-state index contributed by atoms with van der Waals surface area (Å²) in [4.78, 5) is 0. The highest BCUT2D eigenvalue weighted by Crippen LogP contribution is 2.02. The van der Waals surface area contributed by atoms with Crippen molar-refractivity contribution in [3.05, 3.63) is 18.0 Å². The SMILES string of the molecule is CNC(C)CCCCn1ccc(C)n1. The summed E-state index contributed by atoms with van der Waals surface area (Å²) < 4.78 is 2.03. The summed E-state index contributed by atoms with van der Waals surface area (Å²) in [7, 11) is 2.02. The van der Waals surface area contributed by atoms with Crippen molar-refractivity contribution in [1.29, 1.82) is 0 Å². The molecular weight excluding hydrogens is 174 g/mol. The molecule has 3 nitrogen and oxygen atoms in total. The number of hydrogen-bond donors (Lipinski definition) is 1. The van der Waals surface area contributed by atoms with Crippen molar-refractivity contribution in [2.24, 2.45) is 0 Å². The summed E-state index contributed by atoms with van der Waals surface area (Å²) in [6, 6.07) is 2.69. The van der Waals surface area contributed by atoms with Crippen molar-refractivity contribution in [2.45, 2.75) is 45.7 Å². The molecule has 1 atom stereocenters. The first-order chi connectivity index (χ1) is 6.72. The van der Waals surface area contributed by atoms with Gasteiger partial charge in [0.15, 0.2) is 0 Å². The van der Waals surface area contributed by atoms with E-state index in [0.29, 0.717) is 6.04 Å². The van der Waals surface area contributed by atoms with Crippen molar-refractivity contribution >= 4 is 0 Å². The van der Waals surface area contributed by atoms with E-state index in [9.17, 15) is 0 Å². The number of aromatic nitrogens is 2. The molecule has 1 aromatic rings. The summed E-state index contributed by atoms with van der Waals surface area (Å²) in [5, 5.41) is 7.59. The molecule has 0 aliphatic rings. The van der Waals surface area contributed by atoms with Crippen molar-refractivity contribution < 1.29 is 0 Å². The smallest absolute Gasteiger partial charge is 0.0593 e. The van der Waals surface area contributed by atoms with Crippen LogP contribution < -0.4 is 5.32 Å². The monoisotopic (exact) mass is 195 g/mol. The minimum absolute atomic E-state index is 0.634. The topological polar surface area (TPSA) is 29.9 Å². The average molecular weight is 195 g/mol. The molecule has 0 aliphatic carbocycles. The van der Waals surface area contributed by atoms with E-state index in [1.54, 1.807) is 0 Å². The fourth-order valence-corrected chi connectivity index (χ4v) is 1.46. The van der Waals surface area contributed by atoms with Gasteiger partial charge in [-0.05, 0) is 39.8 Å². The third-order valence-electron chi connectivity index (χ3n) is 2.54. The minimum Gasteiger partial charge on any atom is -0.317 e. The number of unbranched alkanes of at least 4 members (excludes halogenated alkanes) is 1. The first-order valence-corrected chi connectivity index (χ1v) is 5.39. The van der Waals surface area contributed by atoms with Crippen molar-refractivity contribution in [3.8, 4) is 0 Å². The first-order valence-electron chi connectivity index (χ1n) is 5.39. The molecule has 0 saturated heterocycles. The summed E-state index contributed by atoms with van der Waals surface area (Å²) in [6.07, 6.45) is 5.78. The molecule has 14 heavy (non-hydrogen) atoms. The number of hydrogen-bond acceptors (Lipinski definition) is 2. The second-order valence-corrected chi connectivity index (χ2v) is 3.91. The van der Waals surface area contributed by atoms with Crippen LogP contribution in [0.25, 0.3) is 0 Å². The Morgan fingerprint density at radius 3 is 2.86 bits per heavy atom. The summed E-state index contributed by atoms with van der Waals surface area (Å²) in [5.41, 5.74) is 1.11. The van der Waals surface area contributed by atoms with Gasteiger partial charge in [0.1, 0.15) is 0 Å². The lowest BCUT2D eigenvalue weighted by Gasteiger charge is -2.09. The van der Waals surface area contributed by atoms with Crippen LogP contribution in [0.2, 0.25) is 0 Å². The van der Waals surface area contributed by atoms with Crippen LogP contribution in [0.15, 0.2) is 12.3 Å². The van der Waals surface area contributed by atoms with Gasteiger partial charge >= 0.3 is 0 Å². The minimum atomic E-state index is 0.634. The van der Waals surface area contributed by atoms with Crippen LogP contribution in [0.3, 0.4) is 0 Å². The van der Waals surface area contributed by atoms with E-state index in [1.807, 2.05) is 18.7 Å². The Balaban J connectivity index is 2.10. The highest BCUT2D eigenvalue weighted by Gasteiger charge is 1.98. The van der Waals surface area contributed by atoms with E-state index < -0.39 is 0 Å². The van der Waals surface area contributed by atoms with Gasteiger partial charge in [0.05, 0.1) is 5.69 Å². The quantitative estimate of drug-likeness (QED) is 0.703. The average Bonchev–Trinajstić information content (AvgIpc) is 2.58. The van der Waals surface area contributed by atoms with Gasteiger partial charge in [-0.1, -0.05) is 6.42 Å². The maximum atomic E-state index is 4.35. The molecular formula is C11H21N3. The van der Waals surface area contributed by atoms with Crippen molar-refractivity contribution in [2.75, 3.05) is 7.05 Å². The molecule has 0 saturated carbocycles. The molecule has 0 spiro atoms. The van der Waals surface area contributed by atoms with Gasteiger partial charge in [-0.2, -0.15) is 5.10 Å². The molecule has 1 heterocycles. The van der Waals surface area contributed by atoms with Gasteiger partial charge in [-0.3, -0.25) is 4.68 Å². The van der Waals surface area contributed by atoms with Gasteiger partial charge in [0.25, 0.3) is 0 Å². The van der Waals surface area contributed by atoms with Crippen LogP contribution in [-0.4, -0.2) is 22.9 Å². The van der Waals surface area contributed by atoms with Gasteiger partial charge < -0.3 is 5.32 Å². The Labute approximate surface area is 86.5 Å². The zero-order chi connectivity index (χ0) is 10.4. The number of rotatable bonds is 6. The van der Waals surface area contributed by atoms with Gasteiger partial charge in [0.2, 0.25) is 0 Å². The Morgan fingerprint density at radius 1 is 1.50 bits per heavy atom. The van der Waals surface area contributed by atoms with E-state index in [4.69, 9.17) is 0 Å². The van der Waals surface area contributed by atoms with Gasteiger partial charge in [-0.15, -0.1) is 0 Å². The van der Waals surface area contributed by atoms with Crippen molar-refractivity contribution in [1.82, 2.24) is 15.1 Å². The Morgan fingerprint density at radius 2 is 2.29 bits per heavy atom. The molecule has 0 aromatic carbocycles. The Kier molecular flexibility index (Phi) is 4.66. The lowest BCUT2D eigenvalue weighted by atomic mass is 10.1. The Hall–Kier alpha value is -0.830. The highest BCUT2D eigenvalue weighted by molar-refractivity contribution is 4.94. The normalized spacial score (nSPS) is 13.1. The molecule has 3 heteroatoms. The van der Waals surface area contributed by atoms with Gasteiger partial charge in [-0.25, -0.2) is 0 Å². The third kappa shape index (κ3) is 3.92. The molecule has 80 valence electrons. The predicted octanol–water partition coefficient (Wildman–Crippen LogP) is 1.97. The van der Waals surface area contributed by atoms with Crippen LogP contribution in [-0.2, 0) is 6.54 Å². The third-order valence-corrected chi connectivity index (χ3v) is 2.54. The van der Waals surface area contributed by atoms with Crippen molar-refractivity contribution in [3.63, 3.8) is 0 Å². The Bertz CT molecular complexity index is 255. The van der Waals surface area contributed by atoms with Crippen LogP contribution >= 0.6 is 0 Å². The van der Waals surface area contributed by atoms with Crippen LogP contribution in [0, 0.1) is 6.92 Å². The molecule has 0 amide bonds. The zero-order valence-corrected chi connectivity index (χ0v) is 9.45. The summed E-state index contributed by atoms with van der Waals surface area (Å²) in [6.45, 7) is 5.29. The van der Waals surface area contributed by atoms with Crippen LogP contribution in [0.1, 0.15) is 31.9 Å². The number of nitrogens with one attached hydrogen (secondary N) is 1. The molecule has 1 aromatic heterocycles. The summed E-state index contributed by atoms with van der Waals surface area (Å²) in [5.74, 6) is 0. The van der Waals surface area contributed by atoms with Crippen LogP contribution in [0.4, 0.5) is 0 Å². The highest BCUT2D eigenvalue weighted by atomic mass is 15.3. The maximum Gasteiger partial charge on any atom is 0.0593 e. The van der Waals surface area contributed by atoms with E-state index in [0.717, 1.165) is 12.2 Å². The second kappa shape index (κ2) is 5.81. The fourth-order valence-electron chi connectivity index (χ4n) is 1.46. The zero-order valence-electron chi connectivity index (χ0n) is 9.45. The van der Waals surface area contributed by atoms with E-state index in [-0.39, 0.29) is 0 Å². The predicted molar refractivity (Wildman–Crippen MR) is 59.3 cm³/mol. The molecule has 1 unspecified atom stereocenters. The lowest BCUT2D eigenvalue weighted by molar-refractivity contribution is 0.489. The lowest BCUT2D eigenvalue weighted by Crippen LogP contribution is -2.20.